The fraction of sp³-hybridized carbons (Fsp3) is 0.818. The number of rotatable bonds is 8. The van der Waals surface area contributed by atoms with Gasteiger partial charge in [-0.3, -0.25) is 4.57 Å². The Labute approximate surface area is 110 Å². The Morgan fingerprint density at radius 2 is 1.82 bits per heavy atom. The van der Waals surface area contributed by atoms with E-state index in [0.29, 0.717) is 0 Å². The van der Waals surface area contributed by atoms with Crippen molar-refractivity contribution in [3.8, 4) is 0 Å². The van der Waals surface area contributed by atoms with Gasteiger partial charge in [-0.25, -0.2) is 9.34 Å². The summed E-state index contributed by atoms with van der Waals surface area (Å²) in [6.45, 7) is 2.13. The van der Waals surface area contributed by atoms with E-state index >= 15 is 0 Å². The van der Waals surface area contributed by atoms with Crippen LogP contribution in [0.3, 0.4) is 0 Å². The van der Waals surface area contributed by atoms with Crippen LogP contribution in [0.5, 0.6) is 0 Å². The van der Waals surface area contributed by atoms with Crippen LogP contribution < -0.4 is 5.09 Å². The van der Waals surface area contributed by atoms with E-state index in [2.05, 4.69) is 24.3 Å². The molecule has 0 radical (unpaired) electrons. The molecule has 17 heavy (non-hydrogen) atoms. The zero-order valence-corrected chi connectivity index (χ0v) is 13.6. The Balaban J connectivity index is 4.87. The van der Waals surface area contributed by atoms with Gasteiger partial charge in [-0.15, -0.1) is 0 Å². The summed E-state index contributed by atoms with van der Waals surface area (Å²) in [7, 11) is 4.71. The summed E-state index contributed by atoms with van der Waals surface area (Å²) in [6, 6.07) is 0. The third-order valence-electron chi connectivity index (χ3n) is 2.39. The lowest BCUT2D eigenvalue weighted by Gasteiger charge is -2.32. The first-order chi connectivity index (χ1) is 7.88. The average Bonchev–Trinajstić information content (AvgIpc) is 2.25. The fourth-order valence-electron chi connectivity index (χ4n) is 1.40. The number of nitrogens with one attached hydrogen (secondary N) is 1. The average molecular weight is 279 g/mol. The van der Waals surface area contributed by atoms with Gasteiger partial charge in [0.2, 0.25) is 0 Å². The molecule has 0 bridgehead atoms. The smallest absolute Gasteiger partial charge is 0.307 e. The molecule has 0 aromatic heterocycles. The molecule has 4 nitrogen and oxygen atoms in total. The minimum absolute atomic E-state index is 0.937. The summed E-state index contributed by atoms with van der Waals surface area (Å²) in [6.07, 6.45) is 6.19. The molecule has 6 heteroatoms. The highest BCUT2D eigenvalue weighted by molar-refractivity contribution is 7.98. The van der Waals surface area contributed by atoms with Crippen molar-refractivity contribution in [3.05, 3.63) is 11.8 Å². The highest BCUT2D eigenvalue weighted by atomic mass is 32.2. The van der Waals surface area contributed by atoms with E-state index in [1.165, 1.54) is 0 Å². The Morgan fingerprint density at radius 1 is 1.29 bits per heavy atom. The maximum atomic E-state index is 12.8. The Bertz CT molecular complexity index is 280. The molecule has 0 rings (SSSR count). The minimum atomic E-state index is -2.65. The maximum Gasteiger partial charge on any atom is 0.307 e. The van der Waals surface area contributed by atoms with Crippen LogP contribution in [-0.4, -0.2) is 49.5 Å². The van der Waals surface area contributed by atoms with Crippen molar-refractivity contribution in [2.75, 3.05) is 40.2 Å². The third-order valence-corrected chi connectivity index (χ3v) is 5.64. The molecule has 0 amide bonds. The van der Waals surface area contributed by atoms with Gasteiger partial charge >= 0.3 is 7.59 Å². The molecule has 0 saturated carbocycles. The van der Waals surface area contributed by atoms with E-state index in [1.54, 1.807) is 21.1 Å². The SMILES string of the molecule is CCC/C(=C/CSC)NP(=O)(N(C)C)N(C)C. The van der Waals surface area contributed by atoms with Crippen molar-refractivity contribution in [3.63, 3.8) is 0 Å². The van der Waals surface area contributed by atoms with Gasteiger partial charge in [0.05, 0.1) is 0 Å². The molecule has 0 unspecified atom stereocenters. The largest absolute Gasteiger partial charge is 0.317 e. The van der Waals surface area contributed by atoms with Gasteiger partial charge in [-0.05, 0) is 40.9 Å². The van der Waals surface area contributed by atoms with Gasteiger partial charge < -0.3 is 5.09 Å². The Morgan fingerprint density at radius 3 is 2.18 bits per heavy atom. The second-order valence-corrected chi connectivity index (χ2v) is 8.11. The van der Waals surface area contributed by atoms with Crippen molar-refractivity contribution < 1.29 is 4.57 Å². The van der Waals surface area contributed by atoms with E-state index in [9.17, 15) is 4.57 Å². The molecule has 0 aliphatic rings. The summed E-state index contributed by atoms with van der Waals surface area (Å²) in [4.78, 5) is 0. The first-order valence-electron chi connectivity index (χ1n) is 5.80. The molecule has 0 aliphatic carbocycles. The fourth-order valence-corrected chi connectivity index (χ4v) is 3.46. The van der Waals surface area contributed by atoms with Crippen LogP contribution in [0.25, 0.3) is 0 Å². The van der Waals surface area contributed by atoms with Gasteiger partial charge in [0.1, 0.15) is 0 Å². The summed E-state index contributed by atoms with van der Waals surface area (Å²) in [5, 5.41) is 3.22. The molecule has 0 aromatic rings. The van der Waals surface area contributed by atoms with Crippen LogP contribution in [0.2, 0.25) is 0 Å². The Hall–Kier alpha value is 0.0400. The monoisotopic (exact) mass is 279 g/mol. The first kappa shape index (κ1) is 17.0. The maximum absolute atomic E-state index is 12.8. The van der Waals surface area contributed by atoms with Crippen LogP contribution >= 0.6 is 19.4 Å². The van der Waals surface area contributed by atoms with E-state index in [1.807, 2.05) is 28.2 Å². The van der Waals surface area contributed by atoms with Crippen molar-refractivity contribution in [2.24, 2.45) is 0 Å². The quantitative estimate of drug-likeness (QED) is 0.691. The van der Waals surface area contributed by atoms with Crippen molar-refractivity contribution in [1.82, 2.24) is 14.4 Å². The van der Waals surface area contributed by atoms with Gasteiger partial charge in [0, 0.05) is 11.4 Å². The summed E-state index contributed by atoms with van der Waals surface area (Å²) in [5.41, 5.74) is 1.08. The molecule has 0 atom stereocenters. The van der Waals surface area contributed by atoms with E-state index in [0.717, 1.165) is 24.3 Å². The predicted molar refractivity (Wildman–Crippen MR) is 79.5 cm³/mol. The second-order valence-electron chi connectivity index (χ2n) is 4.28. The third kappa shape index (κ3) is 5.47. The number of hydrogen-bond acceptors (Lipinski definition) is 2. The van der Waals surface area contributed by atoms with Gasteiger partial charge in [-0.2, -0.15) is 11.8 Å². The van der Waals surface area contributed by atoms with Crippen LogP contribution in [0.15, 0.2) is 11.8 Å². The lowest BCUT2D eigenvalue weighted by atomic mass is 10.2. The highest BCUT2D eigenvalue weighted by Gasteiger charge is 2.28. The zero-order chi connectivity index (χ0) is 13.5. The molecular weight excluding hydrogens is 253 g/mol. The molecule has 102 valence electrons. The van der Waals surface area contributed by atoms with Gasteiger partial charge in [0.15, 0.2) is 0 Å². The molecule has 0 aliphatic heterocycles. The topological polar surface area (TPSA) is 35.6 Å². The normalized spacial score (nSPS) is 13.5. The molecule has 1 N–H and O–H groups in total. The van der Waals surface area contributed by atoms with Gasteiger partial charge in [-0.1, -0.05) is 19.4 Å². The summed E-state index contributed by atoms with van der Waals surface area (Å²) in [5.74, 6) is 0.948. The number of nitrogens with zero attached hydrogens (tertiary/aromatic N) is 2. The Kier molecular flexibility index (Phi) is 8.22. The summed E-state index contributed by atoms with van der Waals surface area (Å²) >= 11 is 1.77. The van der Waals surface area contributed by atoms with E-state index in [-0.39, 0.29) is 0 Å². The standard InChI is InChI=1S/C11H26N3OPS/c1-7-8-11(9-10-17-6)12-16(15,13(2)3)14(4)5/h9H,7-8,10H2,1-6H3,(H,12,15)/b11-9-. The second kappa shape index (κ2) is 8.20. The van der Waals surface area contributed by atoms with E-state index < -0.39 is 7.59 Å². The molecular formula is C11H26N3OPS. The summed E-state index contributed by atoms with van der Waals surface area (Å²) < 4.78 is 16.3. The lowest BCUT2D eigenvalue weighted by Crippen LogP contribution is -2.30. The molecule has 0 spiro atoms. The molecule has 0 fully saturated rings. The van der Waals surface area contributed by atoms with Crippen molar-refractivity contribution in [2.45, 2.75) is 19.8 Å². The van der Waals surface area contributed by atoms with Crippen LogP contribution in [0.4, 0.5) is 0 Å². The minimum Gasteiger partial charge on any atom is -0.317 e. The lowest BCUT2D eigenvalue weighted by molar-refractivity contribution is 0.437. The number of thioether (sulfide) groups is 1. The molecule has 0 aromatic carbocycles. The molecule has 0 saturated heterocycles. The van der Waals surface area contributed by atoms with Crippen molar-refractivity contribution in [1.29, 1.82) is 0 Å². The van der Waals surface area contributed by atoms with Crippen LogP contribution in [0, 0.1) is 0 Å². The van der Waals surface area contributed by atoms with Crippen LogP contribution in [0.1, 0.15) is 19.8 Å². The van der Waals surface area contributed by atoms with Crippen LogP contribution in [-0.2, 0) is 4.57 Å². The van der Waals surface area contributed by atoms with Gasteiger partial charge in [0.25, 0.3) is 0 Å². The highest BCUT2D eigenvalue weighted by Crippen LogP contribution is 2.46. The molecule has 0 heterocycles. The van der Waals surface area contributed by atoms with Crippen molar-refractivity contribution >= 4 is 19.4 Å². The van der Waals surface area contributed by atoms with E-state index in [4.69, 9.17) is 0 Å². The zero-order valence-electron chi connectivity index (χ0n) is 11.9. The number of hydrogen-bond donors (Lipinski definition) is 1. The first-order valence-corrected chi connectivity index (χ1v) is 8.81. The number of allylic oxidation sites excluding steroid dienone is 1. The predicted octanol–water partition coefficient (Wildman–Crippen LogP) is 2.85.